The highest BCUT2D eigenvalue weighted by molar-refractivity contribution is 5.72. The maximum atomic E-state index is 12.0. The lowest BCUT2D eigenvalue weighted by atomic mass is 9.83. The van der Waals surface area contributed by atoms with E-state index < -0.39 is 11.6 Å². The van der Waals surface area contributed by atoms with E-state index in [9.17, 15) is 9.90 Å². The summed E-state index contributed by atoms with van der Waals surface area (Å²) in [7, 11) is 1.54. The smallest absolute Gasteiger partial charge is 0.309 e. The number of carbonyl (C=O) groups excluding carboxylic acids is 1. The van der Waals surface area contributed by atoms with Crippen LogP contribution in [0.15, 0.2) is 54.6 Å². The van der Waals surface area contributed by atoms with Gasteiger partial charge < -0.3 is 19.3 Å². The van der Waals surface area contributed by atoms with Gasteiger partial charge >= 0.3 is 5.97 Å². The van der Waals surface area contributed by atoms with Gasteiger partial charge in [-0.1, -0.05) is 42.5 Å². The van der Waals surface area contributed by atoms with E-state index >= 15 is 0 Å². The van der Waals surface area contributed by atoms with E-state index in [1.165, 1.54) is 0 Å². The molecule has 5 heteroatoms. The minimum absolute atomic E-state index is 0.144. The zero-order valence-corrected chi connectivity index (χ0v) is 13.9. The molecular formula is C19H22O5. The molecule has 0 aromatic heterocycles. The molecule has 0 radical (unpaired) electrons. The first-order chi connectivity index (χ1) is 11.6. The Hall–Kier alpha value is -2.37. The lowest BCUT2D eigenvalue weighted by Crippen LogP contribution is -2.31. The number of benzene rings is 2. The fourth-order valence-electron chi connectivity index (χ4n) is 2.46. The van der Waals surface area contributed by atoms with Crippen LogP contribution in [0.4, 0.5) is 0 Å². The van der Waals surface area contributed by atoms with Crippen LogP contribution < -0.4 is 4.74 Å². The van der Waals surface area contributed by atoms with Crippen LogP contribution in [0.5, 0.6) is 5.75 Å². The minimum Gasteiger partial charge on any atom is -0.468 e. The molecule has 1 unspecified atom stereocenters. The van der Waals surface area contributed by atoms with Gasteiger partial charge in [-0.2, -0.15) is 0 Å². The molecule has 5 nitrogen and oxygen atoms in total. The van der Waals surface area contributed by atoms with Crippen molar-refractivity contribution in [3.05, 3.63) is 65.7 Å². The van der Waals surface area contributed by atoms with E-state index in [1.54, 1.807) is 50.4 Å². The van der Waals surface area contributed by atoms with Crippen molar-refractivity contribution < 1.29 is 24.1 Å². The van der Waals surface area contributed by atoms with Crippen LogP contribution in [0.3, 0.4) is 0 Å². The van der Waals surface area contributed by atoms with Gasteiger partial charge in [0.2, 0.25) is 0 Å². The highest BCUT2D eigenvalue weighted by Crippen LogP contribution is 2.34. The van der Waals surface area contributed by atoms with Crippen molar-refractivity contribution in [2.45, 2.75) is 18.9 Å². The molecule has 2 aromatic carbocycles. The molecule has 0 amide bonds. The SMILES string of the molecule is CCOC(=O)CC(O)(c1ccccc1)c1ccc(OCOC)cc1. The number of aliphatic hydroxyl groups is 1. The predicted octanol–water partition coefficient (Wildman–Crippen LogP) is 2.86. The van der Waals surface area contributed by atoms with Gasteiger partial charge in [-0.05, 0) is 30.2 Å². The fourth-order valence-corrected chi connectivity index (χ4v) is 2.46. The number of methoxy groups -OCH3 is 1. The van der Waals surface area contributed by atoms with Crippen molar-refractivity contribution >= 4 is 5.97 Å². The van der Waals surface area contributed by atoms with Crippen molar-refractivity contribution in [1.82, 2.24) is 0 Å². The standard InChI is InChI=1S/C19H22O5/c1-3-23-18(20)13-19(21,15-7-5-4-6-8-15)16-9-11-17(12-10-16)24-14-22-2/h4-12,21H,3,13-14H2,1-2H3. The quantitative estimate of drug-likeness (QED) is 0.595. The lowest BCUT2D eigenvalue weighted by Gasteiger charge is -2.28. The van der Waals surface area contributed by atoms with Crippen molar-refractivity contribution in [2.75, 3.05) is 20.5 Å². The van der Waals surface area contributed by atoms with Crippen molar-refractivity contribution in [2.24, 2.45) is 0 Å². The number of rotatable bonds is 8. The van der Waals surface area contributed by atoms with E-state index in [2.05, 4.69) is 0 Å². The van der Waals surface area contributed by atoms with Gasteiger partial charge in [0.05, 0.1) is 13.0 Å². The average molecular weight is 330 g/mol. The summed E-state index contributed by atoms with van der Waals surface area (Å²) in [5, 5.41) is 11.3. The molecule has 0 bridgehead atoms. The molecule has 1 atom stereocenters. The first-order valence-corrected chi connectivity index (χ1v) is 7.76. The third-order valence-corrected chi connectivity index (χ3v) is 3.63. The monoisotopic (exact) mass is 330 g/mol. The molecule has 0 aliphatic rings. The molecule has 0 heterocycles. The van der Waals surface area contributed by atoms with E-state index in [4.69, 9.17) is 14.2 Å². The van der Waals surface area contributed by atoms with Gasteiger partial charge in [0.1, 0.15) is 11.4 Å². The number of ether oxygens (including phenoxy) is 3. The summed E-state index contributed by atoms with van der Waals surface area (Å²) < 4.78 is 15.2. The summed E-state index contributed by atoms with van der Waals surface area (Å²) in [6, 6.07) is 16.0. The first kappa shape index (κ1) is 18.0. The molecule has 0 spiro atoms. The van der Waals surface area contributed by atoms with E-state index in [1.807, 2.05) is 18.2 Å². The third kappa shape index (κ3) is 4.34. The van der Waals surface area contributed by atoms with Crippen molar-refractivity contribution in [3.8, 4) is 5.75 Å². The highest BCUT2D eigenvalue weighted by atomic mass is 16.7. The summed E-state index contributed by atoms with van der Waals surface area (Å²) in [6.07, 6.45) is -0.164. The first-order valence-electron chi connectivity index (χ1n) is 7.76. The second-order valence-corrected chi connectivity index (χ2v) is 5.28. The molecule has 128 valence electrons. The summed E-state index contributed by atoms with van der Waals surface area (Å²) in [6.45, 7) is 2.15. The summed E-state index contributed by atoms with van der Waals surface area (Å²) in [4.78, 5) is 12.0. The lowest BCUT2D eigenvalue weighted by molar-refractivity contribution is -0.147. The molecule has 0 aliphatic heterocycles. The topological polar surface area (TPSA) is 65.0 Å². The van der Waals surface area contributed by atoms with Gasteiger partial charge in [-0.3, -0.25) is 4.79 Å². The molecule has 0 saturated heterocycles. The van der Waals surface area contributed by atoms with Gasteiger partial charge in [-0.15, -0.1) is 0 Å². The second kappa shape index (κ2) is 8.47. The molecule has 1 N–H and O–H groups in total. The van der Waals surface area contributed by atoms with Crippen LogP contribution in [0.2, 0.25) is 0 Å². The van der Waals surface area contributed by atoms with E-state index in [0.29, 0.717) is 16.9 Å². The van der Waals surface area contributed by atoms with Crippen LogP contribution in [0.1, 0.15) is 24.5 Å². The Kier molecular flexibility index (Phi) is 6.35. The third-order valence-electron chi connectivity index (χ3n) is 3.63. The van der Waals surface area contributed by atoms with Gasteiger partial charge in [0, 0.05) is 7.11 Å². The number of hydrogen-bond acceptors (Lipinski definition) is 5. The largest absolute Gasteiger partial charge is 0.468 e. The van der Waals surface area contributed by atoms with Crippen LogP contribution >= 0.6 is 0 Å². The maximum absolute atomic E-state index is 12.0. The molecule has 24 heavy (non-hydrogen) atoms. The van der Waals surface area contributed by atoms with Crippen LogP contribution in [-0.2, 0) is 19.9 Å². The van der Waals surface area contributed by atoms with E-state index in [0.717, 1.165) is 0 Å². The molecule has 0 aliphatic carbocycles. The number of hydrogen-bond donors (Lipinski definition) is 1. The molecular weight excluding hydrogens is 308 g/mol. The van der Waals surface area contributed by atoms with Crippen molar-refractivity contribution in [1.29, 1.82) is 0 Å². The van der Waals surface area contributed by atoms with E-state index in [-0.39, 0.29) is 19.8 Å². The zero-order valence-electron chi connectivity index (χ0n) is 13.9. The fraction of sp³-hybridized carbons (Fsp3) is 0.316. The minimum atomic E-state index is -1.46. The Bertz CT molecular complexity index is 639. The van der Waals surface area contributed by atoms with Crippen LogP contribution in [0, 0.1) is 0 Å². The Labute approximate surface area is 141 Å². The normalized spacial score (nSPS) is 13.1. The van der Waals surface area contributed by atoms with Crippen LogP contribution in [0.25, 0.3) is 0 Å². The second-order valence-electron chi connectivity index (χ2n) is 5.28. The average Bonchev–Trinajstić information content (AvgIpc) is 2.61. The summed E-state index contributed by atoms with van der Waals surface area (Å²) >= 11 is 0. The predicted molar refractivity (Wildman–Crippen MR) is 89.6 cm³/mol. The van der Waals surface area contributed by atoms with Gasteiger partial charge in [0.15, 0.2) is 6.79 Å². The maximum Gasteiger partial charge on any atom is 0.309 e. The molecule has 2 rings (SSSR count). The van der Waals surface area contributed by atoms with Crippen molar-refractivity contribution in [3.63, 3.8) is 0 Å². The Morgan fingerprint density at radius 2 is 1.67 bits per heavy atom. The number of esters is 1. The van der Waals surface area contributed by atoms with Gasteiger partial charge in [-0.25, -0.2) is 0 Å². The Morgan fingerprint density at radius 1 is 1.04 bits per heavy atom. The zero-order chi connectivity index (χ0) is 17.4. The Balaban J connectivity index is 2.33. The summed E-state index contributed by atoms with van der Waals surface area (Å²) in [5.74, 6) is 0.163. The van der Waals surface area contributed by atoms with Gasteiger partial charge in [0.25, 0.3) is 0 Å². The molecule has 0 saturated carbocycles. The van der Waals surface area contributed by atoms with Crippen LogP contribution in [-0.4, -0.2) is 31.6 Å². The highest BCUT2D eigenvalue weighted by Gasteiger charge is 2.34. The molecule has 0 fully saturated rings. The molecule has 2 aromatic rings. The number of carbonyl (C=O) groups is 1. The summed E-state index contributed by atoms with van der Waals surface area (Å²) in [5.41, 5.74) is -0.247. The Morgan fingerprint density at radius 3 is 2.25 bits per heavy atom.